The Kier molecular flexibility index (Phi) is 8.21. The van der Waals surface area contributed by atoms with E-state index in [1.807, 2.05) is 30.3 Å². The van der Waals surface area contributed by atoms with E-state index in [1.165, 1.54) is 33.5 Å². The predicted molar refractivity (Wildman–Crippen MR) is 234 cm³/mol. The fraction of sp³-hybridized carbons (Fsp3) is 0.180. The fourth-order valence-corrected chi connectivity index (χ4v) is 8.95. The fourth-order valence-electron chi connectivity index (χ4n) is 7.92. The van der Waals surface area contributed by atoms with Crippen molar-refractivity contribution in [2.45, 2.75) is 59.5 Å². The van der Waals surface area contributed by atoms with Gasteiger partial charge in [-0.15, -0.1) is 47.5 Å². The predicted octanol–water partition coefficient (Wildman–Crippen LogP) is 12.2. The number of hydrogen-bond acceptors (Lipinski definition) is 4. The van der Waals surface area contributed by atoms with Crippen molar-refractivity contribution in [2.75, 3.05) is 0 Å². The second-order valence-corrected chi connectivity index (χ2v) is 21.3. The molecule has 1 aliphatic rings. The first kappa shape index (κ1) is 32.4. The summed E-state index contributed by atoms with van der Waals surface area (Å²) in [5.41, 5.74) is 11.5. The largest absolute Gasteiger partial charge is 0.486 e. The van der Waals surface area contributed by atoms with Gasteiger partial charge >= 0.3 is 0 Å². The van der Waals surface area contributed by atoms with Gasteiger partial charge in [0.15, 0.2) is 0 Å². The molecule has 291 valence electrons. The molecule has 9 aromatic rings. The van der Waals surface area contributed by atoms with E-state index >= 15 is 0 Å². The van der Waals surface area contributed by atoms with E-state index < -0.39 is 27.6 Å². The molecule has 5 aromatic carbocycles. The molecule has 0 unspecified atom stereocenters. The number of fused-ring (bicyclic) bond motifs is 7. The summed E-state index contributed by atoms with van der Waals surface area (Å²) < 4.78 is 67.3. The number of furan rings is 1. The van der Waals surface area contributed by atoms with E-state index in [9.17, 15) is 4.39 Å². The minimum atomic E-state index is -2.33. The summed E-state index contributed by atoms with van der Waals surface area (Å²) in [4.78, 5) is 13.7. The zero-order chi connectivity index (χ0) is 44.8. The SMILES string of the molecule is [2H]C([2H])([2H])c1c[c-]c(-c2ccc([Si](C)(C)C)cn2)c(F)c1.[2H]C([2H])([2H])c1ccc2c(n1)oc1c[c-]c(-c3nc4ccccc4n3-c3cc4c(cc3C)-c3ccccc3C4(C)C)cc12.[Ir]. The molecule has 1 radical (unpaired) electrons. The topological polar surface area (TPSA) is 56.7 Å². The van der Waals surface area contributed by atoms with Gasteiger partial charge in [-0.3, -0.25) is 9.37 Å². The average Bonchev–Trinajstić information content (AvgIpc) is 3.87. The second-order valence-electron chi connectivity index (χ2n) is 16.2. The number of aryl methyl sites for hydroxylation is 3. The maximum Gasteiger partial charge on any atom is 0.216 e. The molecule has 10 rings (SSSR count). The number of rotatable bonds is 4. The Bertz CT molecular complexity index is 3260. The summed E-state index contributed by atoms with van der Waals surface area (Å²) in [5, 5.41) is 2.78. The standard InChI is InChI=1S/C35H26N3O.C15H17FNSi.Ir/c1-20-17-25-23-9-5-6-10-27(23)35(3,4)28(25)19-31(20)38-30-12-8-7-11-29(30)37-33(38)22-14-16-32-26(18-22)24-15-13-21(2)36-34(24)39-32;1-11-5-7-13(14(16)9-11)15-8-6-12(10-17-15)18(2,3)4;/h5-13,15-19H,1-4H3;5-6,8-10H,1-4H3;/q2*-1;/i2D3;1D3;. The van der Waals surface area contributed by atoms with Crippen molar-refractivity contribution in [2.24, 2.45) is 0 Å². The molecular formula is C50H43FIrN4OSi-2. The van der Waals surface area contributed by atoms with Crippen LogP contribution in [0.4, 0.5) is 4.39 Å². The first-order chi connectivity index (χ1) is 29.7. The quantitative estimate of drug-likeness (QED) is 0.130. The van der Waals surface area contributed by atoms with Crippen LogP contribution in [0.25, 0.3) is 72.6 Å². The zero-order valence-electron chi connectivity index (χ0n) is 38.9. The molecule has 5 nitrogen and oxygen atoms in total. The maximum atomic E-state index is 14.1. The molecule has 4 heterocycles. The van der Waals surface area contributed by atoms with Gasteiger partial charge in [-0.05, 0) is 88.9 Å². The third-order valence-corrected chi connectivity index (χ3v) is 13.0. The van der Waals surface area contributed by atoms with Gasteiger partial charge in [0.1, 0.15) is 0 Å². The molecule has 0 spiro atoms. The van der Waals surface area contributed by atoms with Crippen LogP contribution in [0.15, 0.2) is 120 Å². The summed E-state index contributed by atoms with van der Waals surface area (Å²) in [6.07, 6.45) is 1.77. The van der Waals surface area contributed by atoms with Gasteiger partial charge in [0.2, 0.25) is 5.71 Å². The van der Waals surface area contributed by atoms with Gasteiger partial charge in [-0.25, -0.2) is 4.98 Å². The number of imidazole rings is 1. The van der Waals surface area contributed by atoms with Crippen LogP contribution in [-0.4, -0.2) is 27.6 Å². The van der Waals surface area contributed by atoms with Crippen molar-refractivity contribution in [3.8, 4) is 39.5 Å². The molecule has 0 saturated carbocycles. The molecule has 0 atom stereocenters. The third-order valence-electron chi connectivity index (χ3n) is 11.0. The summed E-state index contributed by atoms with van der Waals surface area (Å²) in [7, 11) is -1.45. The van der Waals surface area contributed by atoms with Gasteiger partial charge < -0.3 is 14.0 Å². The third kappa shape index (κ3) is 6.73. The number of pyridine rings is 2. The van der Waals surface area contributed by atoms with Gasteiger partial charge in [0, 0.05) is 62.5 Å². The van der Waals surface area contributed by atoms with Crippen molar-refractivity contribution >= 4 is 46.4 Å². The van der Waals surface area contributed by atoms with Crippen LogP contribution in [0, 0.1) is 38.6 Å². The molecule has 1 aliphatic carbocycles. The molecule has 0 amide bonds. The van der Waals surface area contributed by atoms with E-state index in [-0.39, 0.29) is 42.3 Å². The first-order valence-electron chi connectivity index (χ1n) is 21.9. The van der Waals surface area contributed by atoms with Crippen molar-refractivity contribution in [1.82, 2.24) is 19.5 Å². The van der Waals surface area contributed by atoms with Gasteiger partial charge in [-0.1, -0.05) is 99.8 Å². The zero-order valence-corrected chi connectivity index (χ0v) is 36.3. The summed E-state index contributed by atoms with van der Waals surface area (Å²) in [6.45, 7) is 8.74. The number of aromatic nitrogens is 4. The molecule has 4 aromatic heterocycles. The number of nitrogens with zero attached hydrogens (tertiary/aromatic N) is 4. The Labute approximate surface area is 361 Å². The number of halogens is 1. The molecular weight excluding hydrogens is 912 g/mol. The molecule has 58 heavy (non-hydrogen) atoms. The van der Waals surface area contributed by atoms with Crippen LogP contribution in [0.2, 0.25) is 19.6 Å². The van der Waals surface area contributed by atoms with Crippen LogP contribution in [0.5, 0.6) is 0 Å². The van der Waals surface area contributed by atoms with Crippen LogP contribution < -0.4 is 5.19 Å². The Morgan fingerprint density at radius 3 is 2.38 bits per heavy atom. The van der Waals surface area contributed by atoms with Crippen LogP contribution in [0.1, 0.15) is 50.0 Å². The Balaban J connectivity index is 0.000000216. The van der Waals surface area contributed by atoms with Crippen LogP contribution >= 0.6 is 0 Å². The molecule has 0 fully saturated rings. The maximum absolute atomic E-state index is 14.1. The van der Waals surface area contributed by atoms with E-state index in [2.05, 4.69) is 110 Å². The Morgan fingerprint density at radius 2 is 1.62 bits per heavy atom. The number of para-hydroxylation sites is 2. The Hall–Kier alpha value is -5.53. The van der Waals surface area contributed by atoms with Gasteiger partial charge in [0.05, 0.1) is 30.5 Å². The normalized spacial score (nSPS) is 14.9. The minimum Gasteiger partial charge on any atom is -0.486 e. The number of hydrogen-bond donors (Lipinski definition) is 0. The van der Waals surface area contributed by atoms with Crippen LogP contribution in [0.3, 0.4) is 0 Å². The molecule has 0 aliphatic heterocycles. The summed E-state index contributed by atoms with van der Waals surface area (Å²) in [6, 6.07) is 40.8. The Morgan fingerprint density at radius 1 is 0.810 bits per heavy atom. The smallest absolute Gasteiger partial charge is 0.216 e. The van der Waals surface area contributed by atoms with E-state index in [1.54, 1.807) is 30.5 Å². The van der Waals surface area contributed by atoms with Crippen molar-refractivity contribution in [3.63, 3.8) is 0 Å². The first-order valence-corrected chi connectivity index (χ1v) is 22.4. The van der Waals surface area contributed by atoms with Crippen molar-refractivity contribution in [3.05, 3.63) is 161 Å². The van der Waals surface area contributed by atoms with Gasteiger partial charge in [-0.2, -0.15) is 0 Å². The number of benzene rings is 5. The molecule has 8 heteroatoms. The van der Waals surface area contributed by atoms with E-state index in [0.29, 0.717) is 17.0 Å². The van der Waals surface area contributed by atoms with Crippen molar-refractivity contribution in [1.29, 1.82) is 0 Å². The van der Waals surface area contributed by atoms with Crippen LogP contribution in [-0.2, 0) is 25.5 Å². The molecule has 0 N–H and O–H groups in total. The summed E-state index contributed by atoms with van der Waals surface area (Å²) in [5.74, 6) is 0.160. The average molecular weight is 961 g/mol. The monoisotopic (exact) mass is 961 g/mol. The van der Waals surface area contributed by atoms with E-state index in [0.717, 1.165) is 50.5 Å². The van der Waals surface area contributed by atoms with Gasteiger partial charge in [0.25, 0.3) is 0 Å². The van der Waals surface area contributed by atoms with Crippen molar-refractivity contribution < 1.29 is 37.1 Å². The minimum absolute atomic E-state index is 0. The molecule has 0 bridgehead atoms. The van der Waals surface area contributed by atoms with E-state index in [4.69, 9.17) is 17.6 Å². The summed E-state index contributed by atoms with van der Waals surface area (Å²) >= 11 is 0. The second kappa shape index (κ2) is 14.7. The molecule has 0 saturated heterocycles.